The van der Waals surface area contributed by atoms with Crippen LogP contribution in [-0.2, 0) is 0 Å². The van der Waals surface area contributed by atoms with Gasteiger partial charge < -0.3 is 5.73 Å². The third-order valence-corrected chi connectivity index (χ3v) is 3.60. The number of halogens is 1. The molecule has 1 aliphatic rings. The van der Waals surface area contributed by atoms with E-state index in [1.165, 1.54) is 51.4 Å². The van der Waals surface area contributed by atoms with E-state index in [-0.39, 0.29) is 12.4 Å². The van der Waals surface area contributed by atoms with Crippen molar-refractivity contribution in [2.24, 2.45) is 11.1 Å². The van der Waals surface area contributed by atoms with Crippen LogP contribution in [0.15, 0.2) is 0 Å². The summed E-state index contributed by atoms with van der Waals surface area (Å²) in [6, 6.07) is 0. The second kappa shape index (κ2) is 6.67. The number of nitrogens with two attached hydrogens (primary N) is 1. The second-order valence-electron chi connectivity index (χ2n) is 4.33. The van der Waals surface area contributed by atoms with E-state index in [9.17, 15) is 0 Å². The van der Waals surface area contributed by atoms with Gasteiger partial charge in [0.1, 0.15) is 0 Å². The van der Waals surface area contributed by atoms with Crippen molar-refractivity contribution >= 4 is 12.4 Å². The van der Waals surface area contributed by atoms with Crippen LogP contribution in [0.4, 0.5) is 0 Å². The monoisotopic (exact) mass is 205 g/mol. The summed E-state index contributed by atoms with van der Waals surface area (Å²) in [5, 5.41) is 0. The summed E-state index contributed by atoms with van der Waals surface area (Å²) < 4.78 is 0. The molecule has 0 heterocycles. The SMILES string of the molecule is CCC1(CN)CCCCCCC1.Cl. The molecule has 0 aromatic heterocycles. The predicted molar refractivity (Wildman–Crippen MR) is 61.3 cm³/mol. The van der Waals surface area contributed by atoms with Crippen LogP contribution in [-0.4, -0.2) is 6.54 Å². The molecule has 0 atom stereocenters. The predicted octanol–water partition coefficient (Wildman–Crippen LogP) is 3.51. The largest absolute Gasteiger partial charge is 0.330 e. The maximum absolute atomic E-state index is 5.87. The van der Waals surface area contributed by atoms with Gasteiger partial charge in [-0.2, -0.15) is 0 Å². The first-order valence-corrected chi connectivity index (χ1v) is 5.53. The smallest absolute Gasteiger partial charge is 0.00206 e. The van der Waals surface area contributed by atoms with Gasteiger partial charge in [-0.1, -0.05) is 39.0 Å². The highest BCUT2D eigenvalue weighted by Crippen LogP contribution is 2.35. The van der Waals surface area contributed by atoms with Crippen LogP contribution in [0.1, 0.15) is 58.3 Å². The third kappa shape index (κ3) is 3.86. The molecule has 1 rings (SSSR count). The van der Waals surface area contributed by atoms with E-state index in [0.717, 1.165) is 6.54 Å². The lowest BCUT2D eigenvalue weighted by Gasteiger charge is -2.33. The van der Waals surface area contributed by atoms with Gasteiger partial charge in [-0.05, 0) is 31.2 Å². The zero-order valence-electron chi connectivity index (χ0n) is 8.85. The summed E-state index contributed by atoms with van der Waals surface area (Å²) in [5.41, 5.74) is 6.38. The summed E-state index contributed by atoms with van der Waals surface area (Å²) >= 11 is 0. The first-order chi connectivity index (χ1) is 5.83. The van der Waals surface area contributed by atoms with Crippen LogP contribution < -0.4 is 5.73 Å². The fraction of sp³-hybridized carbons (Fsp3) is 1.00. The highest BCUT2D eigenvalue weighted by molar-refractivity contribution is 5.85. The van der Waals surface area contributed by atoms with E-state index in [0.29, 0.717) is 5.41 Å². The first-order valence-electron chi connectivity index (χ1n) is 5.53. The fourth-order valence-corrected chi connectivity index (χ4v) is 2.36. The minimum absolute atomic E-state index is 0. The van der Waals surface area contributed by atoms with Crippen molar-refractivity contribution in [3.63, 3.8) is 0 Å². The zero-order chi connectivity index (χ0) is 8.86. The Bertz CT molecular complexity index is 111. The van der Waals surface area contributed by atoms with E-state index >= 15 is 0 Å². The minimum Gasteiger partial charge on any atom is -0.330 e. The molecule has 1 saturated carbocycles. The molecular weight excluding hydrogens is 182 g/mol. The van der Waals surface area contributed by atoms with Gasteiger partial charge in [0.25, 0.3) is 0 Å². The Morgan fingerprint density at radius 1 is 1.00 bits per heavy atom. The molecule has 80 valence electrons. The van der Waals surface area contributed by atoms with Gasteiger partial charge in [-0.15, -0.1) is 12.4 Å². The van der Waals surface area contributed by atoms with Gasteiger partial charge in [0.15, 0.2) is 0 Å². The summed E-state index contributed by atoms with van der Waals surface area (Å²) in [6.45, 7) is 3.21. The van der Waals surface area contributed by atoms with Crippen LogP contribution in [0.5, 0.6) is 0 Å². The molecule has 0 spiro atoms. The highest BCUT2D eigenvalue weighted by atomic mass is 35.5. The van der Waals surface area contributed by atoms with Crippen LogP contribution in [0.2, 0.25) is 0 Å². The van der Waals surface area contributed by atoms with Crippen molar-refractivity contribution in [1.82, 2.24) is 0 Å². The Balaban J connectivity index is 0.00000144. The Morgan fingerprint density at radius 3 is 1.85 bits per heavy atom. The minimum atomic E-state index is 0. The standard InChI is InChI=1S/C11H23N.ClH/c1-2-11(10-12)8-6-4-3-5-7-9-11;/h2-10,12H2,1H3;1H. The second-order valence-corrected chi connectivity index (χ2v) is 4.33. The summed E-state index contributed by atoms with van der Waals surface area (Å²) in [7, 11) is 0. The van der Waals surface area contributed by atoms with E-state index in [2.05, 4.69) is 6.92 Å². The Kier molecular flexibility index (Phi) is 6.79. The van der Waals surface area contributed by atoms with E-state index in [4.69, 9.17) is 5.73 Å². The molecule has 1 aliphatic carbocycles. The molecule has 1 fully saturated rings. The average Bonchev–Trinajstić information content (AvgIpc) is 2.06. The first kappa shape index (κ1) is 13.2. The summed E-state index contributed by atoms with van der Waals surface area (Å²) in [5.74, 6) is 0. The summed E-state index contributed by atoms with van der Waals surface area (Å²) in [4.78, 5) is 0. The number of hydrogen-bond acceptors (Lipinski definition) is 1. The Morgan fingerprint density at radius 2 is 1.46 bits per heavy atom. The fourth-order valence-electron chi connectivity index (χ4n) is 2.36. The summed E-state index contributed by atoms with van der Waals surface area (Å²) in [6.07, 6.45) is 11.2. The molecule has 0 saturated heterocycles. The molecule has 0 radical (unpaired) electrons. The molecule has 1 nitrogen and oxygen atoms in total. The molecule has 2 heteroatoms. The van der Waals surface area contributed by atoms with Gasteiger partial charge in [0, 0.05) is 0 Å². The lowest BCUT2D eigenvalue weighted by atomic mass is 9.74. The number of rotatable bonds is 2. The van der Waals surface area contributed by atoms with Crippen LogP contribution >= 0.6 is 12.4 Å². The maximum Gasteiger partial charge on any atom is -0.00206 e. The van der Waals surface area contributed by atoms with Crippen LogP contribution in [0.25, 0.3) is 0 Å². The van der Waals surface area contributed by atoms with Crippen molar-refractivity contribution in [3.05, 3.63) is 0 Å². The Hall–Kier alpha value is 0.250. The molecule has 0 amide bonds. The van der Waals surface area contributed by atoms with Gasteiger partial charge in [0.2, 0.25) is 0 Å². The molecule has 0 unspecified atom stereocenters. The molecule has 0 aliphatic heterocycles. The van der Waals surface area contributed by atoms with Gasteiger partial charge in [0.05, 0.1) is 0 Å². The normalized spacial score (nSPS) is 22.6. The van der Waals surface area contributed by atoms with Crippen molar-refractivity contribution in [3.8, 4) is 0 Å². The van der Waals surface area contributed by atoms with Gasteiger partial charge in [-0.25, -0.2) is 0 Å². The molecule has 13 heavy (non-hydrogen) atoms. The van der Waals surface area contributed by atoms with Crippen molar-refractivity contribution in [2.75, 3.05) is 6.54 Å². The topological polar surface area (TPSA) is 26.0 Å². The van der Waals surface area contributed by atoms with Crippen LogP contribution in [0, 0.1) is 5.41 Å². The molecule has 0 aromatic rings. The molecule has 0 aromatic carbocycles. The lowest BCUT2D eigenvalue weighted by Crippen LogP contribution is -2.30. The van der Waals surface area contributed by atoms with Gasteiger partial charge in [-0.3, -0.25) is 0 Å². The van der Waals surface area contributed by atoms with E-state index in [1.807, 2.05) is 0 Å². The van der Waals surface area contributed by atoms with Crippen molar-refractivity contribution in [1.29, 1.82) is 0 Å². The van der Waals surface area contributed by atoms with Crippen molar-refractivity contribution in [2.45, 2.75) is 58.3 Å². The maximum atomic E-state index is 5.87. The quantitative estimate of drug-likeness (QED) is 0.734. The Labute approximate surface area is 88.9 Å². The van der Waals surface area contributed by atoms with Crippen molar-refractivity contribution < 1.29 is 0 Å². The molecular formula is C11H24ClN. The zero-order valence-corrected chi connectivity index (χ0v) is 9.67. The highest BCUT2D eigenvalue weighted by Gasteiger charge is 2.26. The average molecular weight is 206 g/mol. The molecule has 0 bridgehead atoms. The van der Waals surface area contributed by atoms with Gasteiger partial charge >= 0.3 is 0 Å². The van der Waals surface area contributed by atoms with E-state index in [1.54, 1.807) is 0 Å². The number of hydrogen-bond donors (Lipinski definition) is 1. The lowest BCUT2D eigenvalue weighted by molar-refractivity contribution is 0.210. The third-order valence-electron chi connectivity index (χ3n) is 3.60. The molecule has 2 N–H and O–H groups in total. The van der Waals surface area contributed by atoms with Crippen LogP contribution in [0.3, 0.4) is 0 Å². The van der Waals surface area contributed by atoms with E-state index < -0.39 is 0 Å².